The molecule has 28 heavy (non-hydrogen) atoms. The molecule has 2 saturated heterocycles. The highest BCUT2D eigenvalue weighted by molar-refractivity contribution is 5.95. The first-order valence-electron chi connectivity index (χ1n) is 10.4. The predicted octanol–water partition coefficient (Wildman–Crippen LogP) is 3.54. The second-order valence-electron chi connectivity index (χ2n) is 7.87. The van der Waals surface area contributed by atoms with Gasteiger partial charge in [-0.25, -0.2) is 0 Å². The Labute approximate surface area is 167 Å². The molecule has 3 heterocycles. The third kappa shape index (κ3) is 4.36. The number of rotatable bonds is 4. The van der Waals surface area contributed by atoms with Crippen molar-refractivity contribution in [3.63, 3.8) is 0 Å². The Balaban J connectivity index is 1.25. The number of aromatic nitrogens is 1. The van der Waals surface area contributed by atoms with Crippen LogP contribution < -0.4 is 4.74 Å². The lowest BCUT2D eigenvalue weighted by Gasteiger charge is -2.41. The van der Waals surface area contributed by atoms with Gasteiger partial charge in [0.1, 0.15) is 11.9 Å². The third-order valence-corrected chi connectivity index (χ3v) is 6.07. The maximum absolute atomic E-state index is 12.8. The minimum atomic E-state index is 0.181. The van der Waals surface area contributed by atoms with Crippen molar-refractivity contribution >= 4 is 5.91 Å². The van der Waals surface area contributed by atoms with Gasteiger partial charge in [-0.15, -0.1) is 0 Å². The molecule has 0 spiro atoms. The Morgan fingerprint density at radius 3 is 2.32 bits per heavy atom. The molecule has 5 heteroatoms. The SMILES string of the molecule is Cc1ccccc1C(=O)N1CCC(N2CCC(Oc3ccncc3)CC2)CC1. The summed E-state index contributed by atoms with van der Waals surface area (Å²) in [5.41, 5.74) is 1.90. The maximum Gasteiger partial charge on any atom is 0.254 e. The normalized spacial score (nSPS) is 19.5. The van der Waals surface area contributed by atoms with E-state index in [-0.39, 0.29) is 5.91 Å². The van der Waals surface area contributed by atoms with Crippen molar-refractivity contribution in [3.8, 4) is 5.75 Å². The summed E-state index contributed by atoms with van der Waals surface area (Å²) in [5.74, 6) is 1.09. The summed E-state index contributed by atoms with van der Waals surface area (Å²) in [6, 6.07) is 12.3. The van der Waals surface area contributed by atoms with Crippen LogP contribution in [0.5, 0.6) is 5.75 Å². The zero-order chi connectivity index (χ0) is 19.3. The lowest BCUT2D eigenvalue weighted by molar-refractivity contribution is 0.0425. The first kappa shape index (κ1) is 18.9. The van der Waals surface area contributed by atoms with E-state index in [0.29, 0.717) is 12.1 Å². The van der Waals surface area contributed by atoms with E-state index >= 15 is 0 Å². The number of nitrogens with zero attached hydrogens (tertiary/aromatic N) is 3. The monoisotopic (exact) mass is 379 g/mol. The first-order chi connectivity index (χ1) is 13.7. The van der Waals surface area contributed by atoms with Gasteiger partial charge in [-0.1, -0.05) is 18.2 Å². The summed E-state index contributed by atoms with van der Waals surface area (Å²) in [6.45, 7) is 5.87. The Bertz CT molecular complexity index is 779. The number of benzene rings is 1. The number of pyridine rings is 1. The number of aryl methyl sites for hydroxylation is 1. The van der Waals surface area contributed by atoms with Crippen LogP contribution in [-0.2, 0) is 0 Å². The molecule has 0 aliphatic carbocycles. The van der Waals surface area contributed by atoms with Crippen LogP contribution in [-0.4, -0.2) is 59.0 Å². The highest BCUT2D eigenvalue weighted by Crippen LogP contribution is 2.24. The van der Waals surface area contributed by atoms with Gasteiger partial charge >= 0.3 is 0 Å². The average molecular weight is 380 g/mol. The van der Waals surface area contributed by atoms with Crippen LogP contribution in [0.2, 0.25) is 0 Å². The molecular weight excluding hydrogens is 350 g/mol. The van der Waals surface area contributed by atoms with Crippen molar-refractivity contribution in [3.05, 3.63) is 59.9 Å². The number of likely N-dealkylation sites (tertiary alicyclic amines) is 2. The van der Waals surface area contributed by atoms with E-state index in [1.54, 1.807) is 12.4 Å². The average Bonchev–Trinajstić information content (AvgIpc) is 2.75. The van der Waals surface area contributed by atoms with Gasteiger partial charge in [0, 0.05) is 50.2 Å². The summed E-state index contributed by atoms with van der Waals surface area (Å²) >= 11 is 0. The molecule has 4 rings (SSSR count). The van der Waals surface area contributed by atoms with Crippen LogP contribution in [0.4, 0.5) is 0 Å². The van der Waals surface area contributed by atoms with Gasteiger partial charge in [-0.05, 0) is 56.4 Å². The zero-order valence-electron chi connectivity index (χ0n) is 16.6. The standard InChI is InChI=1S/C23H29N3O2/c1-18-4-2-3-5-22(18)23(27)26-14-8-19(9-15-26)25-16-10-21(11-17-25)28-20-6-12-24-13-7-20/h2-7,12-13,19,21H,8-11,14-17H2,1H3. The van der Waals surface area contributed by atoms with Gasteiger partial charge in [-0.3, -0.25) is 14.7 Å². The summed E-state index contributed by atoms with van der Waals surface area (Å²) in [7, 11) is 0. The molecule has 2 aliphatic rings. The molecule has 0 N–H and O–H groups in total. The molecule has 148 valence electrons. The molecule has 2 fully saturated rings. The smallest absolute Gasteiger partial charge is 0.254 e. The molecule has 0 saturated carbocycles. The number of hydrogen-bond acceptors (Lipinski definition) is 4. The summed E-state index contributed by atoms with van der Waals surface area (Å²) < 4.78 is 6.08. The Morgan fingerprint density at radius 1 is 0.964 bits per heavy atom. The van der Waals surface area contributed by atoms with E-state index < -0.39 is 0 Å². The van der Waals surface area contributed by atoms with Crippen LogP contribution in [0, 0.1) is 6.92 Å². The summed E-state index contributed by atoms with van der Waals surface area (Å²) in [5, 5.41) is 0. The number of piperidine rings is 2. The quantitative estimate of drug-likeness (QED) is 0.815. The molecule has 1 amide bonds. The van der Waals surface area contributed by atoms with Crippen molar-refractivity contribution in [2.75, 3.05) is 26.2 Å². The Morgan fingerprint density at radius 2 is 1.64 bits per heavy atom. The second-order valence-corrected chi connectivity index (χ2v) is 7.87. The molecule has 0 unspecified atom stereocenters. The fraction of sp³-hybridized carbons (Fsp3) is 0.478. The maximum atomic E-state index is 12.8. The van der Waals surface area contributed by atoms with Crippen molar-refractivity contribution in [2.45, 2.75) is 44.8 Å². The van der Waals surface area contributed by atoms with Crippen LogP contribution in [0.15, 0.2) is 48.8 Å². The molecule has 0 bridgehead atoms. The number of ether oxygens (including phenoxy) is 1. The topological polar surface area (TPSA) is 45.7 Å². The molecule has 0 radical (unpaired) electrons. The van der Waals surface area contributed by atoms with Crippen molar-refractivity contribution in [2.24, 2.45) is 0 Å². The Hall–Kier alpha value is -2.40. The minimum Gasteiger partial charge on any atom is -0.490 e. The zero-order valence-corrected chi connectivity index (χ0v) is 16.6. The van der Waals surface area contributed by atoms with Crippen LogP contribution in [0.1, 0.15) is 41.6 Å². The molecule has 1 aromatic heterocycles. The lowest BCUT2D eigenvalue weighted by Crippen LogP contribution is -2.50. The van der Waals surface area contributed by atoms with Crippen LogP contribution in [0.25, 0.3) is 0 Å². The first-order valence-corrected chi connectivity index (χ1v) is 10.4. The fourth-order valence-electron chi connectivity index (χ4n) is 4.39. The van der Waals surface area contributed by atoms with Crippen molar-refractivity contribution < 1.29 is 9.53 Å². The molecule has 5 nitrogen and oxygen atoms in total. The van der Waals surface area contributed by atoms with Gasteiger partial charge in [0.25, 0.3) is 5.91 Å². The van der Waals surface area contributed by atoms with Gasteiger partial charge in [-0.2, -0.15) is 0 Å². The molecule has 0 atom stereocenters. The number of hydrogen-bond donors (Lipinski definition) is 0. The van der Waals surface area contributed by atoms with E-state index in [2.05, 4.69) is 9.88 Å². The van der Waals surface area contributed by atoms with Gasteiger partial charge in [0.15, 0.2) is 0 Å². The van der Waals surface area contributed by atoms with E-state index in [4.69, 9.17) is 4.74 Å². The van der Waals surface area contributed by atoms with Crippen LogP contribution >= 0.6 is 0 Å². The van der Waals surface area contributed by atoms with E-state index in [9.17, 15) is 4.79 Å². The predicted molar refractivity (Wildman–Crippen MR) is 110 cm³/mol. The summed E-state index contributed by atoms with van der Waals surface area (Å²) in [6.07, 6.45) is 8.09. The van der Waals surface area contributed by atoms with E-state index in [1.807, 2.05) is 48.2 Å². The van der Waals surface area contributed by atoms with Gasteiger partial charge in [0.05, 0.1) is 0 Å². The molecule has 2 aliphatic heterocycles. The van der Waals surface area contributed by atoms with E-state index in [1.165, 1.54) is 0 Å². The number of carbonyl (C=O) groups excluding carboxylic acids is 1. The fourth-order valence-corrected chi connectivity index (χ4v) is 4.39. The molecular formula is C23H29N3O2. The lowest BCUT2D eigenvalue weighted by atomic mass is 9.98. The van der Waals surface area contributed by atoms with Gasteiger partial charge in [0.2, 0.25) is 0 Å². The van der Waals surface area contributed by atoms with Gasteiger partial charge < -0.3 is 9.64 Å². The highest BCUT2D eigenvalue weighted by atomic mass is 16.5. The minimum absolute atomic E-state index is 0.181. The number of carbonyl (C=O) groups is 1. The van der Waals surface area contributed by atoms with Crippen molar-refractivity contribution in [1.29, 1.82) is 0 Å². The van der Waals surface area contributed by atoms with E-state index in [0.717, 1.165) is 68.7 Å². The van der Waals surface area contributed by atoms with Crippen LogP contribution in [0.3, 0.4) is 0 Å². The third-order valence-electron chi connectivity index (χ3n) is 6.07. The Kier molecular flexibility index (Phi) is 5.91. The summed E-state index contributed by atoms with van der Waals surface area (Å²) in [4.78, 5) is 21.5. The molecule has 1 aromatic carbocycles. The molecule has 2 aromatic rings. The number of amides is 1. The highest BCUT2D eigenvalue weighted by Gasteiger charge is 2.30. The second kappa shape index (κ2) is 8.74. The van der Waals surface area contributed by atoms with Crippen molar-refractivity contribution in [1.82, 2.24) is 14.8 Å². The largest absolute Gasteiger partial charge is 0.490 e.